The van der Waals surface area contributed by atoms with Gasteiger partial charge in [-0.25, -0.2) is 0 Å². The molecule has 8 nitrogen and oxygen atoms in total. The number of carbonyl (C=O) groups is 2. The molecule has 4 heterocycles. The Morgan fingerprint density at radius 2 is 1.97 bits per heavy atom. The molecule has 2 saturated heterocycles. The third-order valence-corrected chi connectivity index (χ3v) is 6.43. The minimum absolute atomic E-state index is 0.108. The zero-order chi connectivity index (χ0) is 21.2. The quantitative estimate of drug-likeness (QED) is 0.765. The topological polar surface area (TPSA) is 86.3 Å². The highest BCUT2D eigenvalue weighted by atomic mass is 16.7. The first-order valence-electron chi connectivity index (χ1n) is 10.1. The van der Waals surface area contributed by atoms with E-state index in [0.29, 0.717) is 29.5 Å². The fraction of sp³-hybridized carbons (Fsp3) is 0.304. The molecule has 1 N–H and O–H groups in total. The summed E-state index contributed by atoms with van der Waals surface area (Å²) < 4.78 is 22.1. The first-order valence-corrected chi connectivity index (χ1v) is 10.1. The van der Waals surface area contributed by atoms with Crippen LogP contribution in [0.4, 0.5) is 11.4 Å². The summed E-state index contributed by atoms with van der Waals surface area (Å²) in [6, 6.07) is 12.5. The van der Waals surface area contributed by atoms with Gasteiger partial charge in [0.15, 0.2) is 11.5 Å². The third-order valence-electron chi connectivity index (χ3n) is 6.43. The Balaban J connectivity index is 1.26. The van der Waals surface area contributed by atoms with Gasteiger partial charge >= 0.3 is 0 Å². The highest BCUT2D eigenvalue weighted by Crippen LogP contribution is 2.53. The molecule has 1 spiro atoms. The minimum Gasteiger partial charge on any atom is -0.497 e. The monoisotopic (exact) mass is 420 g/mol. The van der Waals surface area contributed by atoms with Crippen molar-refractivity contribution in [3.63, 3.8) is 0 Å². The van der Waals surface area contributed by atoms with Crippen LogP contribution in [0.25, 0.3) is 0 Å². The van der Waals surface area contributed by atoms with Gasteiger partial charge in [0.05, 0.1) is 31.6 Å². The van der Waals surface area contributed by atoms with Gasteiger partial charge in [-0.05, 0) is 36.4 Å². The predicted octanol–water partition coefficient (Wildman–Crippen LogP) is 2.35. The molecule has 0 radical (unpaired) electrons. The summed E-state index contributed by atoms with van der Waals surface area (Å²) in [6.07, 6.45) is 3.42. The van der Waals surface area contributed by atoms with Crippen LogP contribution < -0.4 is 24.4 Å². The van der Waals surface area contributed by atoms with Crippen molar-refractivity contribution < 1.29 is 28.5 Å². The highest BCUT2D eigenvalue weighted by molar-refractivity contribution is 6.05. The normalized spacial score (nSPS) is 29.4. The van der Waals surface area contributed by atoms with Crippen LogP contribution in [0, 0.1) is 11.8 Å². The molecule has 4 atom stereocenters. The van der Waals surface area contributed by atoms with E-state index in [1.54, 1.807) is 30.2 Å². The Morgan fingerprint density at radius 3 is 2.77 bits per heavy atom. The minimum atomic E-state index is -0.779. The summed E-state index contributed by atoms with van der Waals surface area (Å²) in [4.78, 5) is 28.3. The number of rotatable bonds is 4. The van der Waals surface area contributed by atoms with Gasteiger partial charge in [-0.15, -0.1) is 0 Å². The van der Waals surface area contributed by atoms with E-state index < -0.39 is 23.5 Å². The number of amides is 2. The van der Waals surface area contributed by atoms with E-state index in [2.05, 4.69) is 5.32 Å². The van der Waals surface area contributed by atoms with E-state index in [1.807, 2.05) is 36.4 Å². The standard InChI is InChI=1S/C23H20N2O6/c1-28-15-5-3-14(4-6-15)25-11-23-9-8-17(31-23)19(20(23)22(25)27)21(26)24-13-2-7-16-18(10-13)30-12-29-16/h2-10,17,19-20H,11-12H2,1H3,(H,24,26)/t17-,19-,20+,23-/m1/s1. The van der Waals surface area contributed by atoms with Crippen LogP contribution in [0.1, 0.15) is 0 Å². The molecule has 158 valence electrons. The number of ether oxygens (including phenoxy) is 4. The molecular weight excluding hydrogens is 400 g/mol. The lowest BCUT2D eigenvalue weighted by atomic mass is 9.77. The Hall–Kier alpha value is -3.52. The van der Waals surface area contributed by atoms with Gasteiger partial charge in [-0.2, -0.15) is 0 Å². The molecule has 0 aromatic heterocycles. The van der Waals surface area contributed by atoms with Gasteiger partial charge in [0, 0.05) is 17.4 Å². The van der Waals surface area contributed by atoms with Crippen LogP contribution >= 0.6 is 0 Å². The molecule has 8 heteroatoms. The summed E-state index contributed by atoms with van der Waals surface area (Å²) in [5.41, 5.74) is 0.566. The summed E-state index contributed by atoms with van der Waals surface area (Å²) in [5.74, 6) is 0.412. The number of hydrogen-bond donors (Lipinski definition) is 1. The number of anilines is 2. The van der Waals surface area contributed by atoms with Crippen LogP contribution in [0.3, 0.4) is 0 Å². The second-order valence-corrected chi connectivity index (χ2v) is 8.08. The highest BCUT2D eigenvalue weighted by Gasteiger charge is 2.67. The summed E-state index contributed by atoms with van der Waals surface area (Å²) in [7, 11) is 1.60. The van der Waals surface area contributed by atoms with Gasteiger partial charge in [0.2, 0.25) is 18.6 Å². The van der Waals surface area contributed by atoms with Crippen LogP contribution in [0.15, 0.2) is 54.6 Å². The number of hydrogen-bond acceptors (Lipinski definition) is 6. The molecule has 31 heavy (non-hydrogen) atoms. The average molecular weight is 420 g/mol. The fourth-order valence-electron chi connectivity index (χ4n) is 4.98. The van der Waals surface area contributed by atoms with Crippen molar-refractivity contribution in [1.82, 2.24) is 0 Å². The predicted molar refractivity (Wildman–Crippen MR) is 110 cm³/mol. The molecule has 0 aliphatic carbocycles. The molecule has 2 aromatic rings. The van der Waals surface area contributed by atoms with E-state index in [1.165, 1.54) is 0 Å². The molecule has 0 saturated carbocycles. The Labute approximate surface area is 178 Å². The maximum Gasteiger partial charge on any atom is 0.234 e. The Kier molecular flexibility index (Phi) is 3.82. The molecule has 2 amide bonds. The van der Waals surface area contributed by atoms with Crippen molar-refractivity contribution in [3.05, 3.63) is 54.6 Å². The summed E-state index contributed by atoms with van der Waals surface area (Å²) >= 11 is 0. The lowest BCUT2D eigenvalue weighted by Crippen LogP contribution is -2.41. The van der Waals surface area contributed by atoms with Crippen molar-refractivity contribution in [1.29, 1.82) is 0 Å². The lowest BCUT2D eigenvalue weighted by Gasteiger charge is -2.23. The zero-order valence-electron chi connectivity index (χ0n) is 16.7. The maximum absolute atomic E-state index is 13.4. The first kappa shape index (κ1) is 18.3. The molecule has 2 fully saturated rings. The third kappa shape index (κ3) is 2.64. The average Bonchev–Trinajstić information content (AvgIpc) is 3.54. The molecule has 4 aliphatic rings. The number of benzene rings is 2. The van der Waals surface area contributed by atoms with Gasteiger partial charge in [-0.3, -0.25) is 9.59 Å². The smallest absolute Gasteiger partial charge is 0.234 e. The maximum atomic E-state index is 13.4. The van der Waals surface area contributed by atoms with Crippen molar-refractivity contribution in [2.45, 2.75) is 11.7 Å². The van der Waals surface area contributed by atoms with E-state index in [-0.39, 0.29) is 18.6 Å². The van der Waals surface area contributed by atoms with Gasteiger partial charge in [-0.1, -0.05) is 12.2 Å². The zero-order valence-corrected chi connectivity index (χ0v) is 16.7. The molecule has 0 unspecified atom stereocenters. The van der Waals surface area contributed by atoms with E-state index >= 15 is 0 Å². The molecule has 6 rings (SSSR count). The van der Waals surface area contributed by atoms with Gasteiger partial charge < -0.3 is 29.2 Å². The summed E-state index contributed by atoms with van der Waals surface area (Å²) in [5, 5.41) is 2.92. The summed E-state index contributed by atoms with van der Waals surface area (Å²) in [6.45, 7) is 0.542. The van der Waals surface area contributed by atoms with Gasteiger partial charge in [0.1, 0.15) is 11.4 Å². The number of carbonyl (C=O) groups excluding carboxylic acids is 2. The van der Waals surface area contributed by atoms with E-state index in [4.69, 9.17) is 18.9 Å². The van der Waals surface area contributed by atoms with Crippen LogP contribution in [-0.4, -0.2) is 44.0 Å². The largest absolute Gasteiger partial charge is 0.497 e. The SMILES string of the molecule is COc1ccc(N2C[C@@]34C=C[C@@H](O3)[C@@H](C(=O)Nc3ccc5c(c3)OCO5)[C@H]4C2=O)cc1. The van der Waals surface area contributed by atoms with Crippen LogP contribution in [0.2, 0.25) is 0 Å². The molecular formula is C23H20N2O6. The van der Waals surface area contributed by atoms with Crippen LogP contribution in [0.5, 0.6) is 17.2 Å². The number of nitrogens with zero attached hydrogens (tertiary/aromatic N) is 1. The molecule has 2 bridgehead atoms. The molecule has 2 aromatic carbocycles. The lowest BCUT2D eigenvalue weighted by molar-refractivity contribution is -0.128. The van der Waals surface area contributed by atoms with Crippen molar-refractivity contribution in [3.8, 4) is 17.2 Å². The van der Waals surface area contributed by atoms with Crippen LogP contribution in [-0.2, 0) is 14.3 Å². The number of nitrogens with one attached hydrogen (secondary N) is 1. The molecule has 4 aliphatic heterocycles. The van der Waals surface area contributed by atoms with E-state index in [9.17, 15) is 9.59 Å². The second kappa shape index (κ2) is 6.49. The van der Waals surface area contributed by atoms with Gasteiger partial charge in [0.25, 0.3) is 0 Å². The number of methoxy groups -OCH3 is 1. The Morgan fingerprint density at radius 1 is 1.16 bits per heavy atom. The Bertz CT molecular complexity index is 1110. The van der Waals surface area contributed by atoms with E-state index in [0.717, 1.165) is 5.69 Å². The van der Waals surface area contributed by atoms with Crippen molar-refractivity contribution >= 4 is 23.2 Å². The van der Waals surface area contributed by atoms with Crippen molar-refractivity contribution in [2.24, 2.45) is 11.8 Å². The number of fused-ring (bicyclic) bond motifs is 2. The second-order valence-electron chi connectivity index (χ2n) is 8.08. The first-order chi connectivity index (χ1) is 15.1. The fourth-order valence-corrected chi connectivity index (χ4v) is 4.98. The van der Waals surface area contributed by atoms with Crippen molar-refractivity contribution in [2.75, 3.05) is 30.7 Å².